The summed E-state index contributed by atoms with van der Waals surface area (Å²) in [5.41, 5.74) is 9.70. The van der Waals surface area contributed by atoms with Gasteiger partial charge in [0.05, 0.1) is 5.02 Å². The van der Waals surface area contributed by atoms with Gasteiger partial charge in [-0.05, 0) is 29.7 Å². The number of aryl methyl sites for hydroxylation is 1. The maximum Gasteiger partial charge on any atom is 0.270 e. The highest BCUT2D eigenvalue weighted by Crippen LogP contribution is 2.25. The lowest BCUT2D eigenvalue weighted by Crippen LogP contribution is -2.37. The normalized spacial score (nSPS) is 14.2. The van der Waals surface area contributed by atoms with Crippen LogP contribution in [-0.2, 0) is 20.0 Å². The first kappa shape index (κ1) is 13.1. The highest BCUT2D eigenvalue weighted by Gasteiger charge is 2.24. The number of hydrogen-bond acceptors (Lipinski definition) is 2. The average molecular weight is 290 g/mol. The van der Waals surface area contributed by atoms with Gasteiger partial charge in [-0.2, -0.15) is 0 Å². The van der Waals surface area contributed by atoms with E-state index < -0.39 is 0 Å². The van der Waals surface area contributed by atoms with Gasteiger partial charge in [-0.1, -0.05) is 23.7 Å². The van der Waals surface area contributed by atoms with Gasteiger partial charge in [0.25, 0.3) is 5.91 Å². The Balaban J connectivity index is 1.87. The molecule has 0 spiro atoms. The number of halogens is 1. The Kier molecular flexibility index (Phi) is 3.18. The summed E-state index contributed by atoms with van der Waals surface area (Å²) < 4.78 is 1.76. The fourth-order valence-electron chi connectivity index (χ4n) is 2.71. The van der Waals surface area contributed by atoms with Crippen molar-refractivity contribution < 1.29 is 4.79 Å². The van der Waals surface area contributed by atoms with Crippen molar-refractivity contribution in [2.24, 2.45) is 7.05 Å². The van der Waals surface area contributed by atoms with Gasteiger partial charge in [0.15, 0.2) is 0 Å². The Hall–Kier alpha value is -1.94. The number of aromatic nitrogens is 1. The molecule has 1 aromatic carbocycles. The van der Waals surface area contributed by atoms with Crippen LogP contribution in [0.1, 0.15) is 21.6 Å². The number of amides is 1. The molecule has 20 heavy (non-hydrogen) atoms. The number of nitrogens with two attached hydrogens (primary N) is 1. The van der Waals surface area contributed by atoms with E-state index in [0.717, 1.165) is 17.7 Å². The van der Waals surface area contributed by atoms with Gasteiger partial charge in [-0.15, -0.1) is 0 Å². The number of benzene rings is 1. The summed E-state index contributed by atoms with van der Waals surface area (Å²) in [6.07, 6.45) is 2.54. The summed E-state index contributed by atoms with van der Waals surface area (Å²) in [5.74, 6) is 0.00692. The Bertz CT molecular complexity index is 678. The van der Waals surface area contributed by atoms with E-state index in [-0.39, 0.29) is 5.91 Å². The number of fused-ring (bicyclic) bond motifs is 1. The van der Waals surface area contributed by atoms with Crippen molar-refractivity contribution in [1.82, 2.24) is 9.47 Å². The molecule has 2 heterocycles. The van der Waals surface area contributed by atoms with Crippen LogP contribution in [0.3, 0.4) is 0 Å². The van der Waals surface area contributed by atoms with Gasteiger partial charge in [-0.25, -0.2) is 0 Å². The fourth-order valence-corrected chi connectivity index (χ4v) is 2.96. The zero-order valence-corrected chi connectivity index (χ0v) is 12.0. The molecule has 4 nitrogen and oxygen atoms in total. The van der Waals surface area contributed by atoms with E-state index in [2.05, 4.69) is 0 Å². The molecule has 0 fully saturated rings. The predicted molar refractivity (Wildman–Crippen MR) is 79.7 cm³/mol. The van der Waals surface area contributed by atoms with Crippen molar-refractivity contribution in [3.8, 4) is 0 Å². The third-order valence-corrected chi connectivity index (χ3v) is 3.99. The molecule has 2 aromatic rings. The zero-order chi connectivity index (χ0) is 14.3. The van der Waals surface area contributed by atoms with Crippen LogP contribution in [0.15, 0.2) is 30.5 Å². The van der Waals surface area contributed by atoms with Crippen LogP contribution in [0, 0.1) is 0 Å². The molecule has 0 aliphatic carbocycles. The second-order valence-electron chi connectivity index (χ2n) is 5.12. The van der Waals surface area contributed by atoms with Crippen molar-refractivity contribution in [3.05, 3.63) is 52.3 Å². The molecule has 0 radical (unpaired) electrons. The molecule has 104 valence electrons. The van der Waals surface area contributed by atoms with Crippen molar-refractivity contribution in [2.75, 3.05) is 12.3 Å². The third-order valence-electron chi connectivity index (χ3n) is 3.78. The average Bonchev–Trinajstić information content (AvgIpc) is 2.77. The first-order valence-electron chi connectivity index (χ1n) is 6.53. The van der Waals surface area contributed by atoms with Gasteiger partial charge < -0.3 is 15.2 Å². The maximum absolute atomic E-state index is 12.5. The molecule has 1 amide bonds. The minimum absolute atomic E-state index is 0.00692. The van der Waals surface area contributed by atoms with E-state index >= 15 is 0 Å². The largest absolute Gasteiger partial charge is 0.398 e. The minimum Gasteiger partial charge on any atom is -0.398 e. The summed E-state index contributed by atoms with van der Waals surface area (Å²) in [6, 6.07) is 7.58. The molecular formula is C15H16ClN3O. The van der Waals surface area contributed by atoms with Gasteiger partial charge in [0.1, 0.15) is 5.69 Å². The summed E-state index contributed by atoms with van der Waals surface area (Å²) in [7, 11) is 1.83. The van der Waals surface area contributed by atoms with Gasteiger partial charge in [0.2, 0.25) is 0 Å². The van der Waals surface area contributed by atoms with E-state index in [1.54, 1.807) is 16.8 Å². The number of hydrogen-bond donors (Lipinski definition) is 1. The Labute approximate surface area is 122 Å². The summed E-state index contributed by atoms with van der Waals surface area (Å²) in [5, 5.41) is 0.581. The monoisotopic (exact) mass is 289 g/mol. The summed E-state index contributed by atoms with van der Waals surface area (Å²) >= 11 is 5.94. The van der Waals surface area contributed by atoms with E-state index in [4.69, 9.17) is 17.3 Å². The van der Waals surface area contributed by atoms with Crippen molar-refractivity contribution in [1.29, 1.82) is 0 Å². The van der Waals surface area contributed by atoms with Crippen LogP contribution < -0.4 is 5.73 Å². The molecule has 5 heteroatoms. The first-order valence-corrected chi connectivity index (χ1v) is 6.91. The third kappa shape index (κ3) is 2.16. The molecule has 0 bridgehead atoms. The SMILES string of the molecule is Cn1cc(Cl)cc1C(=O)N1CCc2c(N)cccc2C1. The van der Waals surface area contributed by atoms with Crippen LogP contribution in [0.2, 0.25) is 5.02 Å². The maximum atomic E-state index is 12.5. The van der Waals surface area contributed by atoms with Gasteiger partial charge in [-0.3, -0.25) is 4.79 Å². The Morgan fingerprint density at radius 1 is 1.40 bits per heavy atom. The molecule has 0 atom stereocenters. The highest BCUT2D eigenvalue weighted by atomic mass is 35.5. The van der Waals surface area contributed by atoms with Crippen LogP contribution in [0.25, 0.3) is 0 Å². The number of anilines is 1. The molecule has 1 aliphatic heterocycles. The lowest BCUT2D eigenvalue weighted by molar-refractivity contribution is 0.0725. The minimum atomic E-state index is 0.00692. The van der Waals surface area contributed by atoms with Crippen molar-refractivity contribution in [3.63, 3.8) is 0 Å². The molecular weight excluding hydrogens is 274 g/mol. The van der Waals surface area contributed by atoms with Crippen LogP contribution in [0.5, 0.6) is 0 Å². The van der Waals surface area contributed by atoms with Gasteiger partial charge >= 0.3 is 0 Å². The van der Waals surface area contributed by atoms with Crippen LogP contribution >= 0.6 is 11.6 Å². The van der Waals surface area contributed by atoms with Gasteiger partial charge in [0, 0.05) is 32.0 Å². The topological polar surface area (TPSA) is 51.3 Å². The van der Waals surface area contributed by atoms with Crippen molar-refractivity contribution >= 4 is 23.2 Å². The Morgan fingerprint density at radius 3 is 2.90 bits per heavy atom. The number of carbonyl (C=O) groups excluding carboxylic acids is 1. The van der Waals surface area contributed by atoms with Crippen LogP contribution in [-0.4, -0.2) is 21.9 Å². The van der Waals surface area contributed by atoms with E-state index in [9.17, 15) is 4.79 Å². The molecule has 1 aromatic heterocycles. The summed E-state index contributed by atoms with van der Waals surface area (Å²) in [6.45, 7) is 1.28. The lowest BCUT2D eigenvalue weighted by atomic mass is 9.98. The molecule has 0 saturated carbocycles. The quantitative estimate of drug-likeness (QED) is 0.820. The fraction of sp³-hybridized carbons (Fsp3) is 0.267. The van der Waals surface area contributed by atoms with Crippen LogP contribution in [0.4, 0.5) is 5.69 Å². The lowest BCUT2D eigenvalue weighted by Gasteiger charge is -2.29. The number of rotatable bonds is 1. The van der Waals surface area contributed by atoms with E-state index in [1.807, 2.05) is 30.1 Å². The van der Waals surface area contributed by atoms with E-state index in [1.165, 1.54) is 5.56 Å². The Morgan fingerprint density at radius 2 is 2.20 bits per heavy atom. The summed E-state index contributed by atoms with van der Waals surface area (Å²) in [4.78, 5) is 14.4. The highest BCUT2D eigenvalue weighted by molar-refractivity contribution is 6.31. The number of nitrogen functional groups attached to an aromatic ring is 1. The van der Waals surface area contributed by atoms with Crippen molar-refractivity contribution in [2.45, 2.75) is 13.0 Å². The van der Waals surface area contributed by atoms with E-state index in [0.29, 0.717) is 23.8 Å². The molecule has 2 N–H and O–H groups in total. The molecule has 1 aliphatic rings. The molecule has 3 rings (SSSR count). The smallest absolute Gasteiger partial charge is 0.270 e. The zero-order valence-electron chi connectivity index (χ0n) is 11.3. The second-order valence-corrected chi connectivity index (χ2v) is 5.55. The predicted octanol–water partition coefficient (Wildman–Crippen LogP) is 2.46. The molecule has 0 unspecified atom stereocenters. The number of nitrogens with zero attached hydrogens (tertiary/aromatic N) is 2. The second kappa shape index (κ2) is 4.87. The standard InChI is InChI=1S/C15H16ClN3O/c1-18-9-11(16)7-14(18)15(20)19-6-5-12-10(8-19)3-2-4-13(12)17/h2-4,7,9H,5-6,8,17H2,1H3. The first-order chi connectivity index (χ1) is 9.56. The number of carbonyl (C=O) groups is 1. The molecule has 0 saturated heterocycles.